The molecule has 1 saturated heterocycles. The van der Waals surface area contributed by atoms with Gasteiger partial charge in [-0.15, -0.1) is 12.4 Å². The van der Waals surface area contributed by atoms with Crippen molar-refractivity contribution in [1.29, 1.82) is 0 Å². The lowest BCUT2D eigenvalue weighted by Gasteiger charge is -2.26. The number of carbonyl (C=O) groups is 1. The van der Waals surface area contributed by atoms with Crippen molar-refractivity contribution < 1.29 is 19.4 Å². The average Bonchev–Trinajstić information content (AvgIpc) is 3.49. The summed E-state index contributed by atoms with van der Waals surface area (Å²) in [6, 6.07) is 7.71. The van der Waals surface area contributed by atoms with Crippen LogP contribution in [0.25, 0.3) is 17.1 Å². The van der Waals surface area contributed by atoms with Gasteiger partial charge in [0.25, 0.3) is 5.56 Å². The summed E-state index contributed by atoms with van der Waals surface area (Å²) in [7, 11) is 0. The van der Waals surface area contributed by atoms with Gasteiger partial charge in [0.15, 0.2) is 11.2 Å². The first-order valence-electron chi connectivity index (χ1n) is 10.8. The van der Waals surface area contributed by atoms with Gasteiger partial charge in [-0.25, -0.2) is 14.5 Å². The maximum Gasteiger partial charge on any atom is 0.338 e. The summed E-state index contributed by atoms with van der Waals surface area (Å²) < 4.78 is 14.1. The lowest BCUT2D eigenvalue weighted by molar-refractivity contribution is 0.0322. The highest BCUT2D eigenvalue weighted by Crippen LogP contribution is 2.15. The first-order chi connectivity index (χ1) is 16.6. The Labute approximate surface area is 205 Å². The molecule has 0 bridgehead atoms. The van der Waals surface area contributed by atoms with E-state index in [1.54, 1.807) is 10.9 Å². The van der Waals surface area contributed by atoms with Gasteiger partial charge in [-0.1, -0.05) is 12.1 Å². The Morgan fingerprint density at radius 2 is 1.97 bits per heavy atom. The molecule has 13 heteroatoms. The molecule has 0 radical (unpaired) electrons. The van der Waals surface area contributed by atoms with Gasteiger partial charge in [-0.2, -0.15) is 10.1 Å². The van der Waals surface area contributed by atoms with Crippen LogP contribution in [0.15, 0.2) is 47.8 Å². The Morgan fingerprint density at radius 1 is 1.20 bits per heavy atom. The highest BCUT2D eigenvalue weighted by molar-refractivity contribution is 5.87. The second-order valence-corrected chi connectivity index (χ2v) is 7.86. The molecule has 5 rings (SSSR count). The van der Waals surface area contributed by atoms with Crippen molar-refractivity contribution in [2.45, 2.75) is 6.54 Å². The molecular weight excluding hydrogens is 478 g/mol. The molecule has 0 saturated carbocycles. The van der Waals surface area contributed by atoms with Gasteiger partial charge in [0.2, 0.25) is 5.95 Å². The van der Waals surface area contributed by atoms with E-state index in [1.807, 2.05) is 24.3 Å². The normalized spacial score (nSPS) is 14.1. The lowest BCUT2D eigenvalue weighted by atomic mass is 10.2. The molecule has 0 unspecified atom stereocenters. The number of ether oxygens (including phenoxy) is 2. The minimum atomic E-state index is -1.12. The molecule has 2 N–H and O–H groups in total. The van der Waals surface area contributed by atoms with Crippen LogP contribution < -0.4 is 10.3 Å². The number of hydrogen-bond donors (Lipinski definition) is 2. The van der Waals surface area contributed by atoms with Gasteiger partial charge in [0.1, 0.15) is 12.4 Å². The zero-order valence-corrected chi connectivity index (χ0v) is 19.5. The number of aromatic carboxylic acids is 1. The van der Waals surface area contributed by atoms with Gasteiger partial charge >= 0.3 is 5.97 Å². The number of aromatic amines is 1. The topological polar surface area (TPSA) is 140 Å². The molecule has 184 valence electrons. The number of fused-ring (bicyclic) bond motifs is 1. The number of benzene rings is 1. The SMILES string of the molecule is Cl.O=C(O)c1cnn(-c2nc3ncn(Cc4ccc(OCCN5CCOCC5)cc4)c3c(=O)[nH]2)c1. The Hall–Kier alpha value is -3.74. The number of nitrogens with one attached hydrogen (secondary N) is 1. The third kappa shape index (κ3) is 5.50. The Bertz CT molecular complexity index is 1360. The predicted molar refractivity (Wildman–Crippen MR) is 128 cm³/mol. The molecule has 3 aromatic heterocycles. The molecule has 1 aliphatic heterocycles. The maximum atomic E-state index is 12.7. The van der Waals surface area contributed by atoms with Crippen LogP contribution in [0, 0.1) is 0 Å². The van der Waals surface area contributed by atoms with Crippen molar-refractivity contribution in [3.63, 3.8) is 0 Å². The molecule has 0 spiro atoms. The predicted octanol–water partition coefficient (Wildman–Crippen LogP) is 1.18. The zero-order valence-electron chi connectivity index (χ0n) is 18.7. The second-order valence-electron chi connectivity index (χ2n) is 7.86. The minimum Gasteiger partial charge on any atom is -0.492 e. The van der Waals surface area contributed by atoms with Gasteiger partial charge in [-0.3, -0.25) is 14.7 Å². The summed E-state index contributed by atoms with van der Waals surface area (Å²) in [5.74, 6) is -0.238. The maximum absolute atomic E-state index is 12.7. The minimum absolute atomic E-state index is 0. The molecule has 4 heterocycles. The van der Waals surface area contributed by atoms with Crippen molar-refractivity contribution in [1.82, 2.24) is 34.2 Å². The number of nitrogens with zero attached hydrogens (tertiary/aromatic N) is 6. The average molecular weight is 502 g/mol. The number of halogens is 1. The van der Waals surface area contributed by atoms with Gasteiger partial charge in [0, 0.05) is 32.4 Å². The Balaban J connectivity index is 0.00000289. The third-order valence-electron chi connectivity index (χ3n) is 5.57. The highest BCUT2D eigenvalue weighted by atomic mass is 35.5. The fraction of sp³-hybridized carbons (Fsp3) is 0.318. The molecule has 1 fully saturated rings. The van der Waals surface area contributed by atoms with Gasteiger partial charge < -0.3 is 19.1 Å². The summed E-state index contributed by atoms with van der Waals surface area (Å²) in [5.41, 5.74) is 1.13. The Morgan fingerprint density at radius 3 is 2.69 bits per heavy atom. The van der Waals surface area contributed by atoms with Crippen LogP contribution in [0.5, 0.6) is 5.75 Å². The summed E-state index contributed by atoms with van der Waals surface area (Å²) in [5, 5.41) is 13.0. The molecule has 1 aliphatic rings. The molecule has 0 amide bonds. The molecule has 35 heavy (non-hydrogen) atoms. The van der Waals surface area contributed by atoms with Gasteiger partial charge in [-0.05, 0) is 17.7 Å². The van der Waals surface area contributed by atoms with E-state index < -0.39 is 11.5 Å². The first kappa shape index (κ1) is 24.4. The van der Waals surface area contributed by atoms with E-state index in [0.717, 1.165) is 44.2 Å². The standard InChI is InChI=1S/C22H23N7O5.ClH/c30-20-18-19(25-22(26-20)29-13-16(11-24-29)21(31)32)23-14-28(18)12-15-1-3-17(4-2-15)34-10-7-27-5-8-33-9-6-27;/h1-4,11,13-14H,5-10,12H2,(H,31,32)(H,25,26,30);1H. The number of imidazole rings is 1. The van der Waals surface area contributed by atoms with E-state index in [-0.39, 0.29) is 29.6 Å². The van der Waals surface area contributed by atoms with Crippen molar-refractivity contribution >= 4 is 29.5 Å². The summed E-state index contributed by atoms with van der Waals surface area (Å²) in [6.07, 6.45) is 4.00. The summed E-state index contributed by atoms with van der Waals surface area (Å²) in [6.45, 7) is 5.31. The van der Waals surface area contributed by atoms with Crippen molar-refractivity contribution in [3.8, 4) is 11.7 Å². The van der Waals surface area contributed by atoms with Crippen LogP contribution in [0.2, 0.25) is 0 Å². The number of aromatic nitrogens is 6. The molecular formula is C22H24ClN7O5. The first-order valence-corrected chi connectivity index (χ1v) is 10.8. The van der Waals surface area contributed by atoms with Crippen LogP contribution >= 0.6 is 12.4 Å². The van der Waals surface area contributed by atoms with Crippen LogP contribution in [0.1, 0.15) is 15.9 Å². The number of carboxylic acids is 1. The van der Waals surface area contributed by atoms with Crippen LogP contribution in [-0.2, 0) is 11.3 Å². The second kappa shape index (κ2) is 10.7. The molecule has 12 nitrogen and oxygen atoms in total. The quantitative estimate of drug-likeness (QED) is 0.364. The lowest BCUT2D eigenvalue weighted by Crippen LogP contribution is -2.38. The van der Waals surface area contributed by atoms with Crippen LogP contribution in [0.3, 0.4) is 0 Å². The van der Waals surface area contributed by atoms with E-state index in [4.69, 9.17) is 14.6 Å². The monoisotopic (exact) mass is 501 g/mol. The number of carboxylic acid groups (broad SMARTS) is 1. The van der Waals surface area contributed by atoms with E-state index in [9.17, 15) is 9.59 Å². The Kier molecular flexibility index (Phi) is 7.44. The van der Waals surface area contributed by atoms with E-state index in [0.29, 0.717) is 18.7 Å². The van der Waals surface area contributed by atoms with E-state index >= 15 is 0 Å². The number of morpholine rings is 1. The summed E-state index contributed by atoms with van der Waals surface area (Å²) >= 11 is 0. The number of hydrogen-bond acceptors (Lipinski definition) is 8. The van der Waals surface area contributed by atoms with Crippen molar-refractivity contribution in [3.05, 3.63) is 64.5 Å². The smallest absolute Gasteiger partial charge is 0.338 e. The molecule has 0 atom stereocenters. The summed E-state index contributed by atoms with van der Waals surface area (Å²) in [4.78, 5) is 37.3. The van der Waals surface area contributed by atoms with E-state index in [1.165, 1.54) is 17.1 Å². The molecule has 4 aromatic rings. The fourth-order valence-electron chi connectivity index (χ4n) is 3.76. The third-order valence-corrected chi connectivity index (χ3v) is 5.57. The van der Waals surface area contributed by atoms with Crippen molar-refractivity contribution in [2.24, 2.45) is 0 Å². The number of rotatable bonds is 8. The fourth-order valence-corrected chi connectivity index (χ4v) is 3.76. The van der Waals surface area contributed by atoms with E-state index in [2.05, 4.69) is 25.0 Å². The zero-order chi connectivity index (χ0) is 23.5. The molecule has 0 aliphatic carbocycles. The largest absolute Gasteiger partial charge is 0.492 e. The van der Waals surface area contributed by atoms with Crippen molar-refractivity contribution in [2.75, 3.05) is 39.5 Å². The molecule has 1 aromatic carbocycles. The van der Waals surface area contributed by atoms with Crippen LogP contribution in [0.4, 0.5) is 0 Å². The van der Waals surface area contributed by atoms with Crippen LogP contribution in [-0.4, -0.2) is 84.7 Å². The van der Waals surface area contributed by atoms with Gasteiger partial charge in [0.05, 0.1) is 31.3 Å². The number of H-pyrrole nitrogens is 1. The highest BCUT2D eigenvalue weighted by Gasteiger charge is 2.14.